The van der Waals surface area contributed by atoms with Crippen LogP contribution >= 0.6 is 11.3 Å². The Morgan fingerprint density at radius 3 is 2.83 bits per heavy atom. The van der Waals surface area contributed by atoms with E-state index in [0.717, 1.165) is 23.9 Å². The molecule has 0 unspecified atom stereocenters. The quantitative estimate of drug-likeness (QED) is 0.850. The average molecular weight is 369 g/mol. The zero-order chi connectivity index (χ0) is 17.2. The summed E-state index contributed by atoms with van der Waals surface area (Å²) in [6, 6.07) is 4.06. The third kappa shape index (κ3) is 3.93. The summed E-state index contributed by atoms with van der Waals surface area (Å²) >= 11 is 1.58. The van der Waals surface area contributed by atoms with Gasteiger partial charge in [-0.25, -0.2) is 22.5 Å². The van der Waals surface area contributed by atoms with Gasteiger partial charge in [-0.15, -0.1) is 11.3 Å². The molecule has 2 aromatic rings. The number of aromatic nitrogens is 1. The predicted molar refractivity (Wildman–Crippen MR) is 93.6 cm³/mol. The summed E-state index contributed by atoms with van der Waals surface area (Å²) in [6.45, 7) is 3.99. The molecule has 1 fully saturated rings. The lowest BCUT2D eigenvalue weighted by Gasteiger charge is -2.12. The van der Waals surface area contributed by atoms with Gasteiger partial charge in [-0.05, 0) is 37.5 Å². The Balaban J connectivity index is 1.60. The molecule has 130 valence electrons. The topological polar surface area (TPSA) is 62.3 Å². The van der Waals surface area contributed by atoms with Crippen LogP contribution in [0.1, 0.15) is 24.1 Å². The number of nitrogens with zero attached hydrogens (tertiary/aromatic N) is 2. The molecule has 0 radical (unpaired) electrons. The third-order valence-electron chi connectivity index (χ3n) is 3.97. The van der Waals surface area contributed by atoms with Gasteiger partial charge in [0.15, 0.2) is 5.13 Å². The second kappa shape index (κ2) is 7.16. The highest BCUT2D eigenvalue weighted by molar-refractivity contribution is 7.89. The molecule has 24 heavy (non-hydrogen) atoms. The summed E-state index contributed by atoms with van der Waals surface area (Å²) in [7, 11) is -3.85. The first kappa shape index (κ1) is 17.3. The highest BCUT2D eigenvalue weighted by atomic mass is 32.2. The smallest absolute Gasteiger partial charge is 0.243 e. The fraction of sp³-hybridized carbons (Fsp3) is 0.438. The predicted octanol–water partition coefficient (Wildman–Crippen LogP) is 2.71. The molecular weight excluding hydrogens is 349 g/mol. The maximum atomic E-state index is 13.8. The lowest BCUT2D eigenvalue weighted by atomic mass is 10.2. The summed E-state index contributed by atoms with van der Waals surface area (Å²) in [6.07, 6.45) is 2.87. The molecule has 0 amide bonds. The number of halogens is 1. The Hall–Kier alpha value is -1.51. The van der Waals surface area contributed by atoms with E-state index < -0.39 is 15.8 Å². The number of hydrogen-bond donors (Lipinski definition) is 1. The molecule has 3 rings (SSSR count). The van der Waals surface area contributed by atoms with E-state index in [4.69, 9.17) is 0 Å². The zero-order valence-corrected chi connectivity index (χ0v) is 15.1. The van der Waals surface area contributed by atoms with Gasteiger partial charge in [-0.2, -0.15) is 0 Å². The lowest BCUT2D eigenvalue weighted by molar-refractivity contribution is 0.556. The minimum Gasteiger partial charge on any atom is -0.348 e. The highest BCUT2D eigenvalue weighted by Crippen LogP contribution is 2.24. The van der Waals surface area contributed by atoms with E-state index in [1.165, 1.54) is 25.0 Å². The number of benzene rings is 1. The number of sulfonamides is 1. The van der Waals surface area contributed by atoms with Crippen LogP contribution in [0, 0.1) is 12.7 Å². The van der Waals surface area contributed by atoms with E-state index >= 15 is 0 Å². The molecule has 5 nitrogen and oxygen atoms in total. The van der Waals surface area contributed by atoms with Gasteiger partial charge in [-0.1, -0.05) is 6.07 Å². The number of anilines is 1. The van der Waals surface area contributed by atoms with Crippen molar-refractivity contribution in [3.63, 3.8) is 0 Å². The molecule has 2 heterocycles. The SMILES string of the molecule is Cc1ccc(F)c(S(=O)(=O)NCCc2csc(N3CCCC3)n2)c1. The van der Waals surface area contributed by atoms with Crippen LogP contribution in [-0.2, 0) is 16.4 Å². The summed E-state index contributed by atoms with van der Waals surface area (Å²) in [5.41, 5.74) is 1.56. The van der Waals surface area contributed by atoms with Crippen molar-refractivity contribution in [3.05, 3.63) is 40.7 Å². The number of rotatable bonds is 6. The van der Waals surface area contributed by atoms with Crippen LogP contribution in [0.4, 0.5) is 9.52 Å². The molecule has 0 spiro atoms. The van der Waals surface area contributed by atoms with Gasteiger partial charge in [-0.3, -0.25) is 0 Å². The van der Waals surface area contributed by atoms with Crippen LogP contribution < -0.4 is 9.62 Å². The molecule has 0 bridgehead atoms. The number of hydrogen-bond acceptors (Lipinski definition) is 5. The summed E-state index contributed by atoms with van der Waals surface area (Å²) in [5.74, 6) is -0.738. The third-order valence-corrected chi connectivity index (χ3v) is 6.39. The summed E-state index contributed by atoms with van der Waals surface area (Å²) in [4.78, 5) is 6.50. The molecule has 0 atom stereocenters. The van der Waals surface area contributed by atoms with Gasteiger partial charge >= 0.3 is 0 Å². The van der Waals surface area contributed by atoms with Crippen LogP contribution in [0.2, 0.25) is 0 Å². The second-order valence-corrected chi connectivity index (χ2v) is 8.47. The molecule has 0 aliphatic carbocycles. The first-order valence-corrected chi connectivity index (χ1v) is 10.3. The minimum absolute atomic E-state index is 0.193. The first-order valence-electron chi connectivity index (χ1n) is 7.91. The van der Waals surface area contributed by atoms with Crippen molar-refractivity contribution < 1.29 is 12.8 Å². The zero-order valence-electron chi connectivity index (χ0n) is 13.5. The minimum atomic E-state index is -3.85. The Labute approximate surface area is 145 Å². The van der Waals surface area contributed by atoms with E-state index in [1.54, 1.807) is 24.3 Å². The molecule has 1 aliphatic heterocycles. The van der Waals surface area contributed by atoms with Crippen molar-refractivity contribution in [1.82, 2.24) is 9.71 Å². The Kier molecular flexibility index (Phi) is 5.17. The summed E-state index contributed by atoms with van der Waals surface area (Å²) in [5, 5.41) is 2.95. The molecule has 1 aliphatic rings. The fourth-order valence-electron chi connectivity index (χ4n) is 2.67. The van der Waals surface area contributed by atoms with Gasteiger partial charge in [0.1, 0.15) is 10.7 Å². The van der Waals surface area contributed by atoms with E-state index in [2.05, 4.69) is 14.6 Å². The largest absolute Gasteiger partial charge is 0.348 e. The van der Waals surface area contributed by atoms with E-state index in [-0.39, 0.29) is 11.4 Å². The molecule has 1 aromatic carbocycles. The number of thiazole rings is 1. The molecule has 1 aromatic heterocycles. The highest BCUT2D eigenvalue weighted by Gasteiger charge is 2.19. The molecule has 0 saturated carbocycles. The Morgan fingerprint density at radius 2 is 2.08 bits per heavy atom. The van der Waals surface area contributed by atoms with E-state index in [9.17, 15) is 12.8 Å². The van der Waals surface area contributed by atoms with Crippen molar-refractivity contribution in [2.75, 3.05) is 24.5 Å². The van der Waals surface area contributed by atoms with Crippen molar-refractivity contribution in [2.24, 2.45) is 0 Å². The molecule has 8 heteroatoms. The molecular formula is C16H20FN3O2S2. The van der Waals surface area contributed by atoms with Crippen LogP contribution in [-0.4, -0.2) is 33.0 Å². The Morgan fingerprint density at radius 1 is 1.33 bits per heavy atom. The fourth-order valence-corrected chi connectivity index (χ4v) is 4.78. The second-order valence-electron chi connectivity index (χ2n) is 5.90. The van der Waals surface area contributed by atoms with Crippen LogP contribution in [0.15, 0.2) is 28.5 Å². The van der Waals surface area contributed by atoms with Crippen LogP contribution in [0.5, 0.6) is 0 Å². The van der Waals surface area contributed by atoms with Crippen LogP contribution in [0.3, 0.4) is 0 Å². The van der Waals surface area contributed by atoms with Gasteiger partial charge in [0.25, 0.3) is 0 Å². The van der Waals surface area contributed by atoms with Crippen molar-refractivity contribution in [2.45, 2.75) is 31.1 Å². The Bertz CT molecular complexity index is 814. The molecule has 1 saturated heterocycles. The summed E-state index contributed by atoms with van der Waals surface area (Å²) < 4.78 is 40.7. The molecule has 1 N–H and O–H groups in total. The number of nitrogens with one attached hydrogen (secondary N) is 1. The van der Waals surface area contributed by atoms with Crippen molar-refractivity contribution >= 4 is 26.5 Å². The van der Waals surface area contributed by atoms with Crippen molar-refractivity contribution in [1.29, 1.82) is 0 Å². The standard InChI is InChI=1S/C16H20FN3O2S2/c1-12-4-5-14(17)15(10-12)24(21,22)18-7-6-13-11-23-16(19-13)20-8-2-3-9-20/h4-5,10-11,18H,2-3,6-9H2,1H3. The maximum Gasteiger partial charge on any atom is 0.243 e. The average Bonchev–Trinajstić information content (AvgIpc) is 3.20. The van der Waals surface area contributed by atoms with Gasteiger partial charge in [0.2, 0.25) is 10.0 Å². The maximum absolute atomic E-state index is 13.8. The van der Waals surface area contributed by atoms with Crippen molar-refractivity contribution in [3.8, 4) is 0 Å². The normalized spacial score (nSPS) is 15.2. The lowest BCUT2D eigenvalue weighted by Crippen LogP contribution is -2.27. The van der Waals surface area contributed by atoms with Gasteiger partial charge in [0.05, 0.1) is 5.69 Å². The first-order chi connectivity index (χ1) is 11.5. The van der Waals surface area contributed by atoms with Crippen LogP contribution in [0.25, 0.3) is 0 Å². The van der Waals surface area contributed by atoms with E-state index in [1.807, 2.05) is 5.38 Å². The van der Waals surface area contributed by atoms with E-state index in [0.29, 0.717) is 12.0 Å². The number of aryl methyl sites for hydroxylation is 1. The van der Waals surface area contributed by atoms with Gasteiger partial charge < -0.3 is 4.90 Å². The van der Waals surface area contributed by atoms with Gasteiger partial charge in [0, 0.05) is 31.4 Å². The monoisotopic (exact) mass is 369 g/mol.